The van der Waals surface area contributed by atoms with Crippen LogP contribution in [0.25, 0.3) is 0 Å². The van der Waals surface area contributed by atoms with Gasteiger partial charge in [-0.15, -0.1) is 0 Å². The van der Waals surface area contributed by atoms with Crippen molar-refractivity contribution in [3.8, 4) is 0 Å². The molecule has 0 amide bonds. The number of carboxylic acids is 1. The van der Waals surface area contributed by atoms with Crippen LogP contribution in [0, 0.1) is 5.92 Å². The smallest absolute Gasteiger partial charge is 0.309 e. The van der Waals surface area contributed by atoms with E-state index in [0.717, 1.165) is 19.3 Å². The van der Waals surface area contributed by atoms with Crippen LogP contribution < -0.4 is 0 Å². The molecule has 0 spiro atoms. The first-order chi connectivity index (χ1) is 9.13. The third-order valence-corrected chi connectivity index (χ3v) is 3.58. The van der Waals surface area contributed by atoms with Crippen LogP contribution in [0.15, 0.2) is 0 Å². The minimum absolute atomic E-state index is 0.147. The highest BCUT2D eigenvalue weighted by atomic mass is 16.4. The molecule has 0 aliphatic heterocycles. The largest absolute Gasteiger partial charge is 0.481 e. The van der Waals surface area contributed by atoms with Gasteiger partial charge in [-0.3, -0.25) is 4.79 Å². The van der Waals surface area contributed by atoms with Crippen LogP contribution >= 0.6 is 0 Å². The number of hydrogen-bond acceptors (Lipinski definition) is 3. The summed E-state index contributed by atoms with van der Waals surface area (Å²) in [6, 6.07) is 0. The third kappa shape index (κ3) is 9.91. The van der Waals surface area contributed by atoms with E-state index in [9.17, 15) is 9.90 Å². The second kappa shape index (κ2) is 12.4. The molecule has 0 radical (unpaired) electrons. The number of hydrogen-bond donors (Lipinski definition) is 3. The molecular weight excluding hydrogens is 244 g/mol. The molecule has 0 aliphatic rings. The molecule has 0 aliphatic carbocycles. The number of unbranched alkanes of at least 4 members (excludes halogenated alkanes) is 7. The molecule has 0 saturated heterocycles. The lowest BCUT2D eigenvalue weighted by molar-refractivity contribution is -0.146. The van der Waals surface area contributed by atoms with Crippen LogP contribution in [-0.4, -0.2) is 34.0 Å². The van der Waals surface area contributed by atoms with Crippen molar-refractivity contribution in [2.75, 3.05) is 6.61 Å². The zero-order chi connectivity index (χ0) is 14.5. The van der Waals surface area contributed by atoms with Gasteiger partial charge < -0.3 is 15.3 Å². The van der Waals surface area contributed by atoms with Crippen molar-refractivity contribution in [3.05, 3.63) is 0 Å². The molecule has 4 nitrogen and oxygen atoms in total. The van der Waals surface area contributed by atoms with Gasteiger partial charge in [0.2, 0.25) is 0 Å². The maximum Gasteiger partial charge on any atom is 0.309 e. The van der Waals surface area contributed by atoms with Crippen LogP contribution in [-0.2, 0) is 4.79 Å². The SMILES string of the molecule is CCCCCCCCCCC(C(=O)O)C(O)CCO. The summed E-state index contributed by atoms with van der Waals surface area (Å²) >= 11 is 0. The highest BCUT2D eigenvalue weighted by Gasteiger charge is 2.25. The molecule has 19 heavy (non-hydrogen) atoms. The summed E-state index contributed by atoms with van der Waals surface area (Å²) < 4.78 is 0. The van der Waals surface area contributed by atoms with Crippen LogP contribution in [0.3, 0.4) is 0 Å². The Morgan fingerprint density at radius 3 is 1.95 bits per heavy atom. The summed E-state index contributed by atoms with van der Waals surface area (Å²) in [6.07, 6.45) is 9.08. The van der Waals surface area contributed by atoms with Gasteiger partial charge in [0.25, 0.3) is 0 Å². The van der Waals surface area contributed by atoms with Crippen molar-refractivity contribution in [1.82, 2.24) is 0 Å². The first-order valence-electron chi connectivity index (χ1n) is 7.65. The molecule has 0 heterocycles. The molecule has 0 aromatic heterocycles. The van der Waals surface area contributed by atoms with Crippen molar-refractivity contribution in [2.24, 2.45) is 5.92 Å². The molecule has 0 aromatic carbocycles. The number of rotatable bonds is 13. The maximum atomic E-state index is 11.0. The van der Waals surface area contributed by atoms with Crippen LogP contribution in [0.1, 0.15) is 71.1 Å². The minimum atomic E-state index is -0.955. The summed E-state index contributed by atoms with van der Waals surface area (Å²) in [5.41, 5.74) is 0. The molecule has 4 heteroatoms. The fraction of sp³-hybridized carbons (Fsp3) is 0.933. The van der Waals surface area contributed by atoms with E-state index in [1.165, 1.54) is 32.1 Å². The van der Waals surface area contributed by atoms with Gasteiger partial charge in [-0.05, 0) is 12.8 Å². The highest BCUT2D eigenvalue weighted by Crippen LogP contribution is 2.18. The van der Waals surface area contributed by atoms with Crippen molar-refractivity contribution in [3.63, 3.8) is 0 Å². The van der Waals surface area contributed by atoms with E-state index in [1.807, 2.05) is 0 Å². The van der Waals surface area contributed by atoms with Crippen LogP contribution in [0.2, 0.25) is 0 Å². The van der Waals surface area contributed by atoms with Crippen molar-refractivity contribution in [1.29, 1.82) is 0 Å². The van der Waals surface area contributed by atoms with Gasteiger partial charge >= 0.3 is 5.97 Å². The lowest BCUT2D eigenvalue weighted by atomic mass is 9.93. The number of carbonyl (C=O) groups is 1. The lowest BCUT2D eigenvalue weighted by Gasteiger charge is -2.18. The predicted molar refractivity (Wildman–Crippen MR) is 76.1 cm³/mol. The minimum Gasteiger partial charge on any atom is -0.481 e. The zero-order valence-corrected chi connectivity index (χ0v) is 12.2. The van der Waals surface area contributed by atoms with Gasteiger partial charge in [-0.1, -0.05) is 58.3 Å². The zero-order valence-electron chi connectivity index (χ0n) is 12.2. The molecule has 0 fully saturated rings. The first-order valence-corrected chi connectivity index (χ1v) is 7.65. The maximum absolute atomic E-state index is 11.0. The Morgan fingerprint density at radius 1 is 0.947 bits per heavy atom. The standard InChI is InChI=1S/C15H30O4/c1-2-3-4-5-6-7-8-9-10-13(15(18)19)14(17)11-12-16/h13-14,16-17H,2-12H2,1H3,(H,18,19). The molecule has 2 atom stereocenters. The van der Waals surface area contributed by atoms with Crippen LogP contribution in [0.4, 0.5) is 0 Å². The van der Waals surface area contributed by atoms with E-state index in [1.54, 1.807) is 0 Å². The Balaban J connectivity index is 3.62. The summed E-state index contributed by atoms with van der Waals surface area (Å²) in [5.74, 6) is -1.68. The topological polar surface area (TPSA) is 77.8 Å². The summed E-state index contributed by atoms with van der Waals surface area (Å²) in [6.45, 7) is 2.03. The van der Waals surface area contributed by atoms with E-state index in [4.69, 9.17) is 10.2 Å². The number of aliphatic hydroxyl groups excluding tert-OH is 2. The Labute approximate surface area is 116 Å². The first kappa shape index (κ1) is 18.4. The van der Waals surface area contributed by atoms with Gasteiger partial charge in [-0.2, -0.15) is 0 Å². The fourth-order valence-corrected chi connectivity index (χ4v) is 2.31. The van der Waals surface area contributed by atoms with Gasteiger partial charge in [0.1, 0.15) is 0 Å². The fourth-order valence-electron chi connectivity index (χ4n) is 2.31. The number of aliphatic hydroxyl groups is 2. The second-order valence-corrected chi connectivity index (χ2v) is 5.29. The molecule has 3 N–H and O–H groups in total. The average Bonchev–Trinajstić information content (AvgIpc) is 2.36. The van der Waals surface area contributed by atoms with Crippen molar-refractivity contribution < 1.29 is 20.1 Å². The molecular formula is C15H30O4. The normalized spacial score (nSPS) is 14.3. The van der Waals surface area contributed by atoms with Crippen LogP contribution in [0.5, 0.6) is 0 Å². The summed E-state index contributed by atoms with van der Waals surface area (Å²) in [4.78, 5) is 11.0. The predicted octanol–water partition coefficient (Wildman–Crippen LogP) is 2.96. The van der Waals surface area contributed by atoms with Crippen molar-refractivity contribution >= 4 is 5.97 Å². The monoisotopic (exact) mass is 274 g/mol. The third-order valence-electron chi connectivity index (χ3n) is 3.58. The van der Waals surface area contributed by atoms with E-state index in [2.05, 4.69) is 6.92 Å². The van der Waals surface area contributed by atoms with E-state index >= 15 is 0 Å². The molecule has 2 unspecified atom stereocenters. The average molecular weight is 274 g/mol. The Kier molecular flexibility index (Phi) is 12.0. The molecule has 114 valence electrons. The van der Waals surface area contributed by atoms with E-state index in [0.29, 0.717) is 6.42 Å². The number of aliphatic carboxylic acids is 1. The second-order valence-electron chi connectivity index (χ2n) is 5.29. The van der Waals surface area contributed by atoms with Gasteiger partial charge in [0, 0.05) is 6.61 Å². The number of carboxylic acid groups (broad SMARTS) is 1. The Morgan fingerprint density at radius 2 is 1.47 bits per heavy atom. The Bertz CT molecular complexity index is 218. The quantitative estimate of drug-likeness (QED) is 0.451. The molecule has 0 saturated carbocycles. The lowest BCUT2D eigenvalue weighted by Crippen LogP contribution is -2.29. The Hall–Kier alpha value is -0.610. The van der Waals surface area contributed by atoms with E-state index in [-0.39, 0.29) is 13.0 Å². The summed E-state index contributed by atoms with van der Waals surface area (Å²) in [5, 5.41) is 27.4. The summed E-state index contributed by atoms with van der Waals surface area (Å²) in [7, 11) is 0. The van der Waals surface area contributed by atoms with Crippen molar-refractivity contribution in [2.45, 2.75) is 77.2 Å². The highest BCUT2D eigenvalue weighted by molar-refractivity contribution is 5.70. The molecule has 0 rings (SSSR count). The van der Waals surface area contributed by atoms with Gasteiger partial charge in [0.05, 0.1) is 12.0 Å². The van der Waals surface area contributed by atoms with Gasteiger partial charge in [0.15, 0.2) is 0 Å². The molecule has 0 aromatic rings. The van der Waals surface area contributed by atoms with E-state index < -0.39 is 18.0 Å². The van der Waals surface area contributed by atoms with Gasteiger partial charge in [-0.25, -0.2) is 0 Å². The molecule has 0 bridgehead atoms.